The molecule has 1 aromatic heterocycles. The van der Waals surface area contributed by atoms with Gasteiger partial charge in [-0.15, -0.1) is 5.10 Å². The van der Waals surface area contributed by atoms with E-state index in [1.165, 1.54) is 19.4 Å². The molecule has 0 bridgehead atoms. The van der Waals surface area contributed by atoms with E-state index in [1.54, 1.807) is 0 Å². The molecular formula is C14H24N4. The van der Waals surface area contributed by atoms with E-state index in [0.29, 0.717) is 0 Å². The molecule has 1 saturated heterocycles. The quantitative estimate of drug-likeness (QED) is 0.857. The van der Waals surface area contributed by atoms with Crippen molar-refractivity contribution in [1.29, 1.82) is 0 Å². The first kappa shape index (κ1) is 13.3. The van der Waals surface area contributed by atoms with Gasteiger partial charge in [-0.2, -0.15) is 5.10 Å². The monoisotopic (exact) mass is 248 g/mol. The minimum atomic E-state index is 0.0705. The molecule has 1 fully saturated rings. The van der Waals surface area contributed by atoms with Crippen LogP contribution in [0.25, 0.3) is 0 Å². The second-order valence-electron chi connectivity index (χ2n) is 6.13. The Kier molecular flexibility index (Phi) is 4.17. The van der Waals surface area contributed by atoms with Gasteiger partial charge in [0, 0.05) is 12.0 Å². The predicted octanol–water partition coefficient (Wildman–Crippen LogP) is 2.19. The van der Waals surface area contributed by atoms with Crippen LogP contribution in [0.5, 0.6) is 0 Å². The average molecular weight is 248 g/mol. The Labute approximate surface area is 110 Å². The second-order valence-corrected chi connectivity index (χ2v) is 6.13. The fourth-order valence-electron chi connectivity index (χ4n) is 2.19. The van der Waals surface area contributed by atoms with Crippen molar-refractivity contribution in [2.75, 3.05) is 25.0 Å². The van der Waals surface area contributed by atoms with Crippen LogP contribution in [-0.2, 0) is 5.41 Å². The fraction of sp³-hybridized carbons (Fsp3) is 0.714. The average Bonchev–Trinajstić information content (AvgIpc) is 2.82. The van der Waals surface area contributed by atoms with Crippen molar-refractivity contribution in [2.24, 2.45) is 5.92 Å². The Balaban J connectivity index is 1.79. The van der Waals surface area contributed by atoms with Gasteiger partial charge in [-0.25, -0.2) is 0 Å². The molecule has 4 heteroatoms. The zero-order valence-electron chi connectivity index (χ0n) is 11.7. The number of aromatic nitrogens is 2. The molecule has 2 heterocycles. The number of hydrogen-bond donors (Lipinski definition) is 2. The first-order valence-corrected chi connectivity index (χ1v) is 6.84. The summed E-state index contributed by atoms with van der Waals surface area (Å²) in [5.41, 5.74) is 1.11. The predicted molar refractivity (Wildman–Crippen MR) is 74.8 cm³/mol. The maximum Gasteiger partial charge on any atom is 0.148 e. The highest BCUT2D eigenvalue weighted by atomic mass is 15.2. The van der Waals surface area contributed by atoms with E-state index in [9.17, 15) is 0 Å². The third-order valence-corrected chi connectivity index (χ3v) is 3.45. The second kappa shape index (κ2) is 5.65. The van der Waals surface area contributed by atoms with Crippen LogP contribution in [0.3, 0.4) is 0 Å². The van der Waals surface area contributed by atoms with E-state index in [-0.39, 0.29) is 5.41 Å². The molecule has 0 aromatic carbocycles. The van der Waals surface area contributed by atoms with Gasteiger partial charge in [0.2, 0.25) is 0 Å². The van der Waals surface area contributed by atoms with Crippen molar-refractivity contribution in [3.05, 3.63) is 17.8 Å². The van der Waals surface area contributed by atoms with Crippen molar-refractivity contribution in [2.45, 2.75) is 39.0 Å². The summed E-state index contributed by atoms with van der Waals surface area (Å²) in [7, 11) is 0. The Morgan fingerprint density at radius 3 is 2.72 bits per heavy atom. The lowest BCUT2D eigenvalue weighted by Gasteiger charge is -2.17. The van der Waals surface area contributed by atoms with Crippen LogP contribution in [0.1, 0.15) is 39.3 Å². The number of nitrogens with zero attached hydrogens (tertiary/aromatic N) is 2. The van der Waals surface area contributed by atoms with Crippen molar-refractivity contribution < 1.29 is 0 Å². The summed E-state index contributed by atoms with van der Waals surface area (Å²) in [5, 5.41) is 15.2. The molecular weight excluding hydrogens is 224 g/mol. The molecule has 1 unspecified atom stereocenters. The van der Waals surface area contributed by atoms with Gasteiger partial charge in [0.15, 0.2) is 0 Å². The highest BCUT2D eigenvalue weighted by Gasteiger charge is 2.16. The number of anilines is 1. The van der Waals surface area contributed by atoms with Crippen LogP contribution in [0, 0.1) is 5.92 Å². The highest BCUT2D eigenvalue weighted by molar-refractivity contribution is 5.33. The summed E-state index contributed by atoms with van der Waals surface area (Å²) in [6.45, 7) is 9.77. The molecule has 4 nitrogen and oxygen atoms in total. The number of hydrogen-bond acceptors (Lipinski definition) is 4. The van der Waals surface area contributed by atoms with Crippen molar-refractivity contribution in [3.8, 4) is 0 Å². The molecule has 0 saturated carbocycles. The van der Waals surface area contributed by atoms with Gasteiger partial charge in [-0.1, -0.05) is 20.8 Å². The lowest BCUT2D eigenvalue weighted by atomic mass is 9.92. The van der Waals surface area contributed by atoms with E-state index in [1.807, 2.05) is 6.07 Å². The van der Waals surface area contributed by atoms with Gasteiger partial charge >= 0.3 is 0 Å². The molecule has 1 aliphatic heterocycles. The zero-order valence-corrected chi connectivity index (χ0v) is 11.7. The maximum atomic E-state index is 4.28. The first-order chi connectivity index (χ1) is 8.55. The Hall–Kier alpha value is -1.16. The summed E-state index contributed by atoms with van der Waals surface area (Å²) in [5.74, 6) is 1.70. The van der Waals surface area contributed by atoms with Crippen molar-refractivity contribution in [1.82, 2.24) is 15.5 Å². The molecule has 18 heavy (non-hydrogen) atoms. The summed E-state index contributed by atoms with van der Waals surface area (Å²) >= 11 is 0. The van der Waals surface area contributed by atoms with Gasteiger partial charge in [-0.3, -0.25) is 0 Å². The number of nitrogens with one attached hydrogen (secondary N) is 2. The Bertz CT molecular complexity index is 360. The van der Waals surface area contributed by atoms with Crippen LogP contribution in [0.4, 0.5) is 5.82 Å². The van der Waals surface area contributed by atoms with Crippen LogP contribution in [0.2, 0.25) is 0 Å². The van der Waals surface area contributed by atoms with Crippen molar-refractivity contribution in [3.63, 3.8) is 0 Å². The van der Waals surface area contributed by atoms with E-state index < -0.39 is 0 Å². The standard InChI is InChI=1S/C14H24N4/c1-14(2,3)12-4-5-13(18-17-12)16-9-7-11-6-8-15-10-11/h4-5,11,15H,6-10H2,1-3H3,(H,16,18). The fourth-order valence-corrected chi connectivity index (χ4v) is 2.19. The SMILES string of the molecule is CC(C)(C)c1ccc(NCCC2CCNC2)nn1. The van der Waals surface area contributed by atoms with Gasteiger partial charge in [0.1, 0.15) is 5.82 Å². The van der Waals surface area contributed by atoms with Crippen LogP contribution in [-0.4, -0.2) is 29.8 Å². The largest absolute Gasteiger partial charge is 0.369 e. The molecule has 1 atom stereocenters. The van der Waals surface area contributed by atoms with Gasteiger partial charge in [0.25, 0.3) is 0 Å². The molecule has 0 amide bonds. The van der Waals surface area contributed by atoms with E-state index in [4.69, 9.17) is 0 Å². The zero-order chi connectivity index (χ0) is 13.0. The van der Waals surface area contributed by atoms with Crippen molar-refractivity contribution >= 4 is 5.82 Å². The first-order valence-electron chi connectivity index (χ1n) is 6.84. The maximum absolute atomic E-state index is 4.28. The van der Waals surface area contributed by atoms with E-state index in [2.05, 4.69) is 47.7 Å². The minimum Gasteiger partial charge on any atom is -0.369 e. The minimum absolute atomic E-state index is 0.0705. The van der Waals surface area contributed by atoms with Gasteiger partial charge < -0.3 is 10.6 Å². The lowest BCUT2D eigenvalue weighted by molar-refractivity contribution is 0.547. The molecule has 0 spiro atoms. The molecule has 0 radical (unpaired) electrons. The molecule has 0 aliphatic carbocycles. The Morgan fingerprint density at radius 2 is 2.17 bits per heavy atom. The normalized spacial score (nSPS) is 20.1. The van der Waals surface area contributed by atoms with Crippen LogP contribution in [0.15, 0.2) is 12.1 Å². The summed E-state index contributed by atoms with van der Waals surface area (Å²) in [6, 6.07) is 4.09. The topological polar surface area (TPSA) is 49.8 Å². The summed E-state index contributed by atoms with van der Waals surface area (Å²) in [6.07, 6.45) is 2.51. The Morgan fingerprint density at radius 1 is 1.33 bits per heavy atom. The highest BCUT2D eigenvalue weighted by Crippen LogP contribution is 2.19. The van der Waals surface area contributed by atoms with Gasteiger partial charge in [0.05, 0.1) is 5.69 Å². The van der Waals surface area contributed by atoms with Crippen LogP contribution >= 0.6 is 0 Å². The molecule has 1 aliphatic rings. The van der Waals surface area contributed by atoms with Crippen LogP contribution < -0.4 is 10.6 Å². The summed E-state index contributed by atoms with van der Waals surface area (Å²) in [4.78, 5) is 0. The molecule has 100 valence electrons. The summed E-state index contributed by atoms with van der Waals surface area (Å²) < 4.78 is 0. The van der Waals surface area contributed by atoms with E-state index in [0.717, 1.165) is 30.5 Å². The lowest BCUT2D eigenvalue weighted by Crippen LogP contribution is -2.16. The molecule has 1 aromatic rings. The number of rotatable bonds is 4. The van der Waals surface area contributed by atoms with E-state index >= 15 is 0 Å². The third-order valence-electron chi connectivity index (χ3n) is 3.45. The third kappa shape index (κ3) is 3.67. The smallest absolute Gasteiger partial charge is 0.148 e. The molecule has 2 N–H and O–H groups in total. The molecule has 2 rings (SSSR count). The van der Waals surface area contributed by atoms with Gasteiger partial charge in [-0.05, 0) is 44.0 Å².